The average Bonchev–Trinajstić information content (AvgIpc) is 3.31. The van der Waals surface area contributed by atoms with Gasteiger partial charge in [0.2, 0.25) is 11.8 Å². The molecule has 2 aliphatic heterocycles. The van der Waals surface area contributed by atoms with Crippen LogP contribution in [0.1, 0.15) is 23.4 Å². The lowest BCUT2D eigenvalue weighted by atomic mass is 10.1. The summed E-state index contributed by atoms with van der Waals surface area (Å²) in [5.41, 5.74) is 4.36. The number of pyridine rings is 1. The van der Waals surface area contributed by atoms with Crippen LogP contribution in [0.5, 0.6) is 5.88 Å². The average molecular weight is 522 g/mol. The lowest BCUT2D eigenvalue weighted by Crippen LogP contribution is -2.46. The maximum Gasteiger partial charge on any atom is 0.263 e. The highest BCUT2D eigenvalue weighted by molar-refractivity contribution is 5.76. The summed E-state index contributed by atoms with van der Waals surface area (Å²) in [6, 6.07) is 10.8. The van der Waals surface area contributed by atoms with E-state index in [1.54, 1.807) is 29.8 Å². The van der Waals surface area contributed by atoms with Crippen LogP contribution in [-0.4, -0.2) is 49.8 Å². The molecule has 0 bridgehead atoms. The number of piperazine rings is 1. The Hall–Kier alpha value is -4.68. The van der Waals surface area contributed by atoms with E-state index in [9.17, 15) is 13.2 Å². The summed E-state index contributed by atoms with van der Waals surface area (Å²) >= 11 is 0. The smallest absolute Gasteiger partial charge is 0.263 e. The van der Waals surface area contributed by atoms with E-state index in [1.165, 1.54) is 24.4 Å². The SMILES string of the molecule is Cc1nnn(-c2ccc(C(F)F)cc2)c1COc1ccc(N2CCN3C(=CNc4cnc(F)cc43)C2)nn1. The fraction of sp³-hybridized carbons (Fsp3) is 0.240. The van der Waals surface area contributed by atoms with Crippen LogP contribution in [0.4, 0.5) is 30.4 Å². The van der Waals surface area contributed by atoms with Crippen LogP contribution in [0.3, 0.4) is 0 Å². The van der Waals surface area contributed by atoms with Gasteiger partial charge in [0.15, 0.2) is 5.82 Å². The molecule has 1 fully saturated rings. The van der Waals surface area contributed by atoms with Crippen molar-refractivity contribution >= 4 is 17.2 Å². The van der Waals surface area contributed by atoms with Gasteiger partial charge in [-0.25, -0.2) is 18.4 Å². The number of fused-ring (bicyclic) bond motifs is 3. The maximum atomic E-state index is 13.7. The topological polar surface area (TPSA) is 97.1 Å². The molecule has 1 N–H and O–H groups in total. The first-order valence-electron chi connectivity index (χ1n) is 11.9. The van der Waals surface area contributed by atoms with E-state index < -0.39 is 12.4 Å². The third kappa shape index (κ3) is 4.46. The van der Waals surface area contributed by atoms with E-state index in [4.69, 9.17) is 4.74 Å². The highest BCUT2D eigenvalue weighted by Gasteiger charge is 2.28. The summed E-state index contributed by atoms with van der Waals surface area (Å²) in [6.07, 6.45) is 0.839. The number of aromatic nitrogens is 6. The molecule has 2 aliphatic rings. The molecule has 5 heterocycles. The molecule has 6 rings (SSSR count). The van der Waals surface area contributed by atoms with Crippen LogP contribution >= 0.6 is 0 Å². The summed E-state index contributed by atoms with van der Waals surface area (Å²) in [7, 11) is 0. The number of anilines is 3. The summed E-state index contributed by atoms with van der Waals surface area (Å²) in [5.74, 6) is 0.490. The molecule has 0 amide bonds. The Bertz CT molecular complexity index is 1490. The zero-order chi connectivity index (χ0) is 26.2. The van der Waals surface area contributed by atoms with Crippen LogP contribution in [-0.2, 0) is 6.61 Å². The van der Waals surface area contributed by atoms with Crippen LogP contribution in [0.25, 0.3) is 5.69 Å². The second kappa shape index (κ2) is 9.65. The number of nitrogens with zero attached hydrogens (tertiary/aromatic N) is 8. The molecule has 0 radical (unpaired) electrons. The second-order valence-electron chi connectivity index (χ2n) is 8.82. The maximum absolute atomic E-state index is 13.7. The van der Waals surface area contributed by atoms with Crippen molar-refractivity contribution in [1.29, 1.82) is 0 Å². The van der Waals surface area contributed by atoms with Crippen LogP contribution < -0.4 is 19.9 Å². The summed E-state index contributed by atoms with van der Waals surface area (Å²) in [4.78, 5) is 7.85. The van der Waals surface area contributed by atoms with Gasteiger partial charge in [-0.1, -0.05) is 17.3 Å². The van der Waals surface area contributed by atoms with Crippen LogP contribution in [0.15, 0.2) is 60.6 Å². The zero-order valence-electron chi connectivity index (χ0n) is 20.2. The Morgan fingerprint density at radius 2 is 1.89 bits per heavy atom. The lowest BCUT2D eigenvalue weighted by Gasteiger charge is -2.41. The molecule has 38 heavy (non-hydrogen) atoms. The zero-order valence-corrected chi connectivity index (χ0v) is 20.2. The Morgan fingerprint density at radius 1 is 1.05 bits per heavy atom. The first-order valence-corrected chi connectivity index (χ1v) is 11.9. The molecular weight excluding hydrogens is 499 g/mol. The van der Waals surface area contributed by atoms with Gasteiger partial charge in [0.25, 0.3) is 6.43 Å². The number of aryl methyl sites for hydroxylation is 1. The molecule has 0 aliphatic carbocycles. The van der Waals surface area contributed by atoms with Gasteiger partial charge in [-0.15, -0.1) is 15.3 Å². The molecule has 0 saturated carbocycles. The van der Waals surface area contributed by atoms with Crippen molar-refractivity contribution in [3.8, 4) is 11.6 Å². The third-order valence-electron chi connectivity index (χ3n) is 6.48. The van der Waals surface area contributed by atoms with Crippen LogP contribution in [0.2, 0.25) is 0 Å². The third-order valence-corrected chi connectivity index (χ3v) is 6.48. The highest BCUT2D eigenvalue weighted by Crippen LogP contribution is 2.34. The molecule has 0 spiro atoms. The largest absolute Gasteiger partial charge is 0.470 e. The Balaban J connectivity index is 1.11. The minimum absolute atomic E-state index is 0.0628. The molecule has 4 aromatic rings. The Kier molecular flexibility index (Phi) is 6.02. The minimum atomic E-state index is -2.54. The molecule has 10 nitrogen and oxygen atoms in total. The molecule has 13 heteroatoms. The van der Waals surface area contributed by atoms with Gasteiger partial charge in [-0.3, -0.25) is 0 Å². The van der Waals surface area contributed by atoms with Gasteiger partial charge in [-0.2, -0.15) is 4.39 Å². The van der Waals surface area contributed by atoms with Crippen molar-refractivity contribution < 1.29 is 17.9 Å². The van der Waals surface area contributed by atoms with Gasteiger partial charge in [0.05, 0.1) is 41.2 Å². The molecule has 1 saturated heterocycles. The van der Waals surface area contributed by atoms with E-state index >= 15 is 0 Å². The summed E-state index contributed by atoms with van der Waals surface area (Å²) in [6.45, 7) is 3.80. The molecular formula is C25H22F3N9O. The van der Waals surface area contributed by atoms with Gasteiger partial charge < -0.3 is 19.9 Å². The second-order valence-corrected chi connectivity index (χ2v) is 8.82. The highest BCUT2D eigenvalue weighted by atomic mass is 19.3. The number of halogens is 3. The fourth-order valence-corrected chi connectivity index (χ4v) is 4.45. The van der Waals surface area contributed by atoms with Crippen molar-refractivity contribution in [1.82, 2.24) is 30.2 Å². The predicted molar refractivity (Wildman–Crippen MR) is 133 cm³/mol. The summed E-state index contributed by atoms with van der Waals surface area (Å²) in [5, 5.41) is 19.9. The normalized spacial score (nSPS) is 14.6. The monoisotopic (exact) mass is 521 g/mol. The quantitative estimate of drug-likeness (QED) is 0.378. The van der Waals surface area contributed by atoms with Crippen molar-refractivity contribution in [3.63, 3.8) is 0 Å². The van der Waals surface area contributed by atoms with E-state index in [2.05, 4.69) is 40.6 Å². The van der Waals surface area contributed by atoms with Gasteiger partial charge in [-0.05, 0) is 25.1 Å². The number of benzene rings is 1. The standard InChI is InChI=1S/C25H22F3N9O/c1-15-21(37(34-31-15)17-4-2-16(3-5-17)25(27)28)14-38-24-7-6-23(32-33-24)35-8-9-36-18(13-35)11-29-19-12-30-22(26)10-20(19)36/h2-7,10-12,25,29H,8-9,13-14H2,1H3. The van der Waals surface area contributed by atoms with Crippen molar-refractivity contribution in [3.05, 3.63) is 83.5 Å². The van der Waals surface area contributed by atoms with E-state index in [1.807, 2.05) is 12.3 Å². The van der Waals surface area contributed by atoms with Gasteiger partial charge in [0, 0.05) is 37.0 Å². The summed E-state index contributed by atoms with van der Waals surface area (Å²) < 4.78 is 46.9. The first-order chi connectivity index (χ1) is 18.5. The van der Waals surface area contributed by atoms with E-state index in [0.29, 0.717) is 48.4 Å². The number of hydrogen-bond acceptors (Lipinski definition) is 9. The number of hydrogen-bond donors (Lipinski definition) is 1. The number of nitrogens with one attached hydrogen (secondary N) is 1. The molecule has 0 atom stereocenters. The first kappa shape index (κ1) is 23.7. The fourth-order valence-electron chi connectivity index (χ4n) is 4.45. The van der Waals surface area contributed by atoms with E-state index in [0.717, 1.165) is 17.1 Å². The van der Waals surface area contributed by atoms with Crippen molar-refractivity contribution in [2.45, 2.75) is 20.0 Å². The number of ether oxygens (including phenoxy) is 1. The van der Waals surface area contributed by atoms with Crippen LogP contribution in [0, 0.1) is 12.9 Å². The molecule has 3 aromatic heterocycles. The van der Waals surface area contributed by atoms with E-state index in [-0.39, 0.29) is 12.2 Å². The minimum Gasteiger partial charge on any atom is -0.470 e. The molecule has 194 valence electrons. The van der Waals surface area contributed by atoms with Crippen molar-refractivity contribution in [2.24, 2.45) is 0 Å². The lowest BCUT2D eigenvalue weighted by molar-refractivity contribution is 0.151. The Labute approximate surface area is 215 Å². The Morgan fingerprint density at radius 3 is 2.66 bits per heavy atom. The van der Waals surface area contributed by atoms with Gasteiger partial charge >= 0.3 is 0 Å². The molecule has 0 unspecified atom stereocenters. The molecule has 1 aromatic carbocycles. The number of alkyl halides is 2. The van der Waals surface area contributed by atoms with Crippen molar-refractivity contribution in [2.75, 3.05) is 34.8 Å². The number of rotatable bonds is 6. The predicted octanol–water partition coefficient (Wildman–Crippen LogP) is 4.01. The van der Waals surface area contributed by atoms with Gasteiger partial charge in [0.1, 0.15) is 12.3 Å².